The van der Waals surface area contributed by atoms with Gasteiger partial charge in [-0.15, -0.1) is 0 Å². The molecule has 1 N–H and O–H groups in total. The Kier molecular flexibility index (Phi) is 7.65. The third kappa shape index (κ3) is 5.30. The summed E-state index contributed by atoms with van der Waals surface area (Å²) in [5.41, 5.74) is 1.49. The molecule has 0 radical (unpaired) electrons. The van der Waals surface area contributed by atoms with Crippen LogP contribution in [0.5, 0.6) is 0 Å². The fraction of sp³-hybridized carbons (Fsp3) is 0.423. The van der Waals surface area contributed by atoms with Crippen LogP contribution in [0.3, 0.4) is 0 Å². The number of carbonyl (C=O) groups is 3. The summed E-state index contributed by atoms with van der Waals surface area (Å²) in [7, 11) is 1.70. The van der Waals surface area contributed by atoms with Crippen molar-refractivity contribution < 1.29 is 18.8 Å². The molecule has 4 rings (SSSR count). The summed E-state index contributed by atoms with van der Waals surface area (Å²) in [6.45, 7) is 3.11. The van der Waals surface area contributed by atoms with Gasteiger partial charge in [-0.05, 0) is 29.7 Å². The quantitative estimate of drug-likeness (QED) is 0.617. The van der Waals surface area contributed by atoms with Gasteiger partial charge in [0.05, 0.1) is 13.1 Å². The van der Waals surface area contributed by atoms with Crippen LogP contribution in [0.25, 0.3) is 0 Å². The molecule has 8 nitrogen and oxygen atoms in total. The molecule has 0 bridgehead atoms. The van der Waals surface area contributed by atoms with E-state index in [0.29, 0.717) is 6.54 Å². The van der Waals surface area contributed by atoms with Crippen LogP contribution in [0, 0.1) is 5.82 Å². The number of hydrogen-bond acceptors (Lipinski definition) is 4. The van der Waals surface area contributed by atoms with Gasteiger partial charge < -0.3 is 15.1 Å². The minimum absolute atomic E-state index is 0.0209. The van der Waals surface area contributed by atoms with Crippen LogP contribution < -0.4 is 5.32 Å². The van der Waals surface area contributed by atoms with Crippen molar-refractivity contribution in [2.24, 2.45) is 0 Å². The number of hydrogen-bond donors (Lipinski definition) is 1. The van der Waals surface area contributed by atoms with Gasteiger partial charge >= 0.3 is 6.03 Å². The second-order valence-corrected chi connectivity index (χ2v) is 9.03. The number of hydrazine groups is 1. The zero-order chi connectivity index (χ0) is 24.9. The van der Waals surface area contributed by atoms with E-state index in [1.165, 1.54) is 17.1 Å². The Hall–Kier alpha value is -3.46. The zero-order valence-corrected chi connectivity index (χ0v) is 20.2. The Morgan fingerprint density at radius 3 is 2.46 bits per heavy atom. The Bertz CT molecular complexity index is 1050. The minimum atomic E-state index is -0.787. The number of nitrogens with one attached hydrogen (secondary N) is 1. The molecule has 0 aromatic heterocycles. The van der Waals surface area contributed by atoms with E-state index in [4.69, 9.17) is 0 Å². The summed E-state index contributed by atoms with van der Waals surface area (Å²) < 4.78 is 13.2. The second-order valence-electron chi connectivity index (χ2n) is 9.03. The number of benzene rings is 2. The van der Waals surface area contributed by atoms with Crippen molar-refractivity contribution in [3.63, 3.8) is 0 Å². The molecule has 186 valence electrons. The number of nitrogens with zero attached hydrogens (tertiary/aromatic N) is 4. The van der Waals surface area contributed by atoms with Gasteiger partial charge in [0.25, 0.3) is 0 Å². The maximum atomic E-state index is 13.6. The van der Waals surface area contributed by atoms with E-state index in [2.05, 4.69) is 12.2 Å². The first-order valence-electron chi connectivity index (χ1n) is 12.1. The lowest BCUT2D eigenvalue weighted by Gasteiger charge is -2.54. The van der Waals surface area contributed by atoms with Crippen molar-refractivity contribution in [1.82, 2.24) is 25.1 Å². The standard InChI is InChI=1S/C26H32FN5O3/c1-3-4-8-15-30-17-22-31(24(25(30)34)20-9-6-5-7-10-20)23(33)18-29(2)32(22)26(35)28-16-19-11-13-21(27)14-12-19/h5-7,9-14,22,24H,3-4,8,15-18H2,1-2H3,(H,28,35)/t22-,24-/m0/s1. The molecule has 2 saturated heterocycles. The molecule has 2 aromatic carbocycles. The topological polar surface area (TPSA) is 76.2 Å². The fourth-order valence-electron chi connectivity index (χ4n) is 4.77. The van der Waals surface area contributed by atoms with E-state index in [9.17, 15) is 18.8 Å². The number of piperazine rings is 1. The third-order valence-electron chi connectivity index (χ3n) is 6.54. The van der Waals surface area contributed by atoms with Crippen molar-refractivity contribution >= 4 is 17.8 Å². The van der Waals surface area contributed by atoms with Crippen LogP contribution in [0.1, 0.15) is 43.4 Å². The molecule has 0 aliphatic carbocycles. The summed E-state index contributed by atoms with van der Waals surface area (Å²) in [6.07, 6.45) is 2.24. The summed E-state index contributed by atoms with van der Waals surface area (Å²) in [5, 5.41) is 6.01. The maximum absolute atomic E-state index is 13.6. The van der Waals surface area contributed by atoms with Crippen LogP contribution in [0.4, 0.5) is 9.18 Å². The van der Waals surface area contributed by atoms with Crippen LogP contribution in [-0.2, 0) is 16.1 Å². The number of amides is 4. The monoisotopic (exact) mass is 481 g/mol. The summed E-state index contributed by atoms with van der Waals surface area (Å²) in [5.74, 6) is -0.657. The van der Waals surface area contributed by atoms with E-state index in [1.807, 2.05) is 30.3 Å². The molecule has 0 unspecified atom stereocenters. The molecule has 0 spiro atoms. The molecule has 0 saturated carbocycles. The number of fused-ring (bicyclic) bond motifs is 1. The molecule has 2 aliphatic heterocycles. The smallest absolute Gasteiger partial charge is 0.334 e. The van der Waals surface area contributed by atoms with Gasteiger partial charge in [0.2, 0.25) is 11.8 Å². The number of likely N-dealkylation sites (N-methyl/N-ethyl adjacent to an activating group) is 1. The maximum Gasteiger partial charge on any atom is 0.334 e. The largest absolute Gasteiger partial charge is 0.337 e. The highest BCUT2D eigenvalue weighted by Gasteiger charge is 2.51. The van der Waals surface area contributed by atoms with Crippen molar-refractivity contribution in [2.45, 2.75) is 44.9 Å². The van der Waals surface area contributed by atoms with Gasteiger partial charge in [0.1, 0.15) is 18.0 Å². The first kappa shape index (κ1) is 24.7. The lowest BCUT2D eigenvalue weighted by molar-refractivity contribution is -0.187. The van der Waals surface area contributed by atoms with Crippen LogP contribution >= 0.6 is 0 Å². The molecule has 2 aromatic rings. The highest BCUT2D eigenvalue weighted by molar-refractivity contribution is 5.92. The average molecular weight is 482 g/mol. The Morgan fingerprint density at radius 1 is 1.06 bits per heavy atom. The highest BCUT2D eigenvalue weighted by Crippen LogP contribution is 2.34. The molecule has 2 fully saturated rings. The predicted molar refractivity (Wildman–Crippen MR) is 129 cm³/mol. The van der Waals surface area contributed by atoms with E-state index in [0.717, 1.165) is 30.4 Å². The van der Waals surface area contributed by atoms with Crippen molar-refractivity contribution in [1.29, 1.82) is 0 Å². The number of rotatable bonds is 7. The number of halogens is 1. The molecule has 9 heteroatoms. The SMILES string of the molecule is CCCCCN1C[C@H]2N(C(=O)CN(C)N2C(=O)NCc2ccc(F)cc2)[C@@H](c2ccccc2)C1=O. The van der Waals surface area contributed by atoms with Gasteiger partial charge in [-0.3, -0.25) is 9.59 Å². The third-order valence-corrected chi connectivity index (χ3v) is 6.54. The normalized spacial score (nSPS) is 20.7. The van der Waals surface area contributed by atoms with Gasteiger partial charge in [-0.2, -0.15) is 0 Å². The molecular formula is C26H32FN5O3. The second kappa shape index (κ2) is 10.9. The van der Waals surface area contributed by atoms with E-state index < -0.39 is 12.2 Å². The van der Waals surface area contributed by atoms with Crippen LogP contribution in [0.15, 0.2) is 54.6 Å². The van der Waals surface area contributed by atoms with Gasteiger partial charge in [-0.1, -0.05) is 62.2 Å². The lowest BCUT2D eigenvalue weighted by Crippen LogP contribution is -2.73. The lowest BCUT2D eigenvalue weighted by atomic mass is 9.98. The van der Waals surface area contributed by atoms with Gasteiger partial charge in [0, 0.05) is 20.1 Å². The zero-order valence-electron chi connectivity index (χ0n) is 20.2. The Morgan fingerprint density at radius 2 is 1.77 bits per heavy atom. The molecule has 2 aliphatic rings. The minimum Gasteiger partial charge on any atom is -0.337 e. The summed E-state index contributed by atoms with van der Waals surface area (Å²) >= 11 is 0. The highest BCUT2D eigenvalue weighted by atomic mass is 19.1. The summed E-state index contributed by atoms with van der Waals surface area (Å²) in [4.78, 5) is 43.5. The molecule has 2 atom stereocenters. The van der Waals surface area contributed by atoms with Crippen LogP contribution in [-0.4, -0.2) is 70.5 Å². The molecular weight excluding hydrogens is 449 g/mol. The first-order valence-corrected chi connectivity index (χ1v) is 12.1. The predicted octanol–water partition coefficient (Wildman–Crippen LogP) is 3.13. The van der Waals surface area contributed by atoms with Crippen molar-refractivity contribution in [2.75, 3.05) is 26.7 Å². The fourth-order valence-corrected chi connectivity index (χ4v) is 4.77. The Labute approximate surface area is 205 Å². The van der Waals surface area contributed by atoms with Crippen molar-refractivity contribution in [3.8, 4) is 0 Å². The van der Waals surface area contributed by atoms with E-state index in [1.54, 1.807) is 34.0 Å². The van der Waals surface area contributed by atoms with Gasteiger partial charge in [-0.25, -0.2) is 19.2 Å². The molecule has 4 amide bonds. The molecule has 35 heavy (non-hydrogen) atoms. The number of urea groups is 1. The Balaban J connectivity index is 1.61. The van der Waals surface area contributed by atoms with Gasteiger partial charge in [0.15, 0.2) is 0 Å². The first-order chi connectivity index (χ1) is 16.9. The number of unbranched alkanes of at least 4 members (excludes halogenated alkanes) is 2. The number of carbonyl (C=O) groups excluding carboxylic acids is 3. The summed E-state index contributed by atoms with van der Waals surface area (Å²) in [6, 6.07) is 14.0. The van der Waals surface area contributed by atoms with E-state index in [-0.39, 0.29) is 43.3 Å². The average Bonchev–Trinajstić information content (AvgIpc) is 2.85. The van der Waals surface area contributed by atoms with E-state index >= 15 is 0 Å². The van der Waals surface area contributed by atoms with Crippen molar-refractivity contribution in [3.05, 3.63) is 71.5 Å². The van der Waals surface area contributed by atoms with Crippen LogP contribution in [0.2, 0.25) is 0 Å². The molecule has 2 heterocycles.